The minimum Gasteiger partial charge on any atom is -0.490 e. The monoisotopic (exact) mass is 286 g/mol. The Labute approximate surface area is 113 Å². The van der Waals surface area contributed by atoms with Crippen LogP contribution in [0.25, 0.3) is 0 Å². The summed E-state index contributed by atoms with van der Waals surface area (Å²) in [7, 11) is -2.97. The molecule has 1 aromatic rings. The molecule has 0 heterocycles. The van der Waals surface area contributed by atoms with E-state index in [0.29, 0.717) is 30.1 Å². The van der Waals surface area contributed by atoms with Gasteiger partial charge in [-0.15, -0.1) is 0 Å². The standard InChI is InChI=1S/C13H18O5S/c1-3-17-13-9-11(10-14)5-6-12(13)18-7-4-8-19(2,15)16/h5-6,9-10H,3-4,7-8H2,1-2H3. The SMILES string of the molecule is CCOc1cc(C=O)ccc1OCCCS(C)(=O)=O. The number of aldehydes is 1. The minimum atomic E-state index is -2.97. The molecule has 0 aliphatic heterocycles. The Morgan fingerprint density at radius 3 is 2.53 bits per heavy atom. The molecule has 0 N–H and O–H groups in total. The van der Waals surface area contributed by atoms with Gasteiger partial charge in [-0.05, 0) is 31.5 Å². The molecule has 0 aliphatic rings. The molecule has 19 heavy (non-hydrogen) atoms. The van der Waals surface area contributed by atoms with Crippen molar-refractivity contribution in [3.05, 3.63) is 23.8 Å². The fraction of sp³-hybridized carbons (Fsp3) is 0.462. The number of sulfone groups is 1. The summed E-state index contributed by atoms with van der Waals surface area (Å²) in [5.74, 6) is 1.09. The normalized spacial score (nSPS) is 11.1. The molecule has 0 saturated heterocycles. The lowest BCUT2D eigenvalue weighted by molar-refractivity contribution is 0.112. The van der Waals surface area contributed by atoms with Crippen LogP contribution >= 0.6 is 0 Å². The number of hydrogen-bond donors (Lipinski definition) is 0. The Morgan fingerprint density at radius 2 is 1.95 bits per heavy atom. The van der Waals surface area contributed by atoms with E-state index in [-0.39, 0.29) is 12.4 Å². The topological polar surface area (TPSA) is 69.7 Å². The van der Waals surface area contributed by atoms with Gasteiger partial charge in [-0.1, -0.05) is 0 Å². The Balaban J connectivity index is 2.64. The molecule has 1 rings (SSSR count). The number of carbonyl (C=O) groups is 1. The zero-order valence-corrected chi connectivity index (χ0v) is 11.9. The zero-order valence-electron chi connectivity index (χ0n) is 11.1. The van der Waals surface area contributed by atoms with Crippen LogP contribution in [-0.4, -0.2) is 39.9 Å². The summed E-state index contributed by atoms with van der Waals surface area (Å²) >= 11 is 0. The van der Waals surface area contributed by atoms with E-state index in [1.54, 1.807) is 18.2 Å². The quantitative estimate of drug-likeness (QED) is 0.537. The highest BCUT2D eigenvalue weighted by Gasteiger charge is 2.07. The van der Waals surface area contributed by atoms with E-state index >= 15 is 0 Å². The lowest BCUT2D eigenvalue weighted by atomic mass is 10.2. The van der Waals surface area contributed by atoms with Crippen LogP contribution in [0.4, 0.5) is 0 Å². The third-order valence-electron chi connectivity index (χ3n) is 2.32. The van der Waals surface area contributed by atoms with Gasteiger partial charge in [0.1, 0.15) is 16.1 Å². The second-order valence-electron chi connectivity index (χ2n) is 4.09. The van der Waals surface area contributed by atoms with Gasteiger partial charge in [-0.3, -0.25) is 4.79 Å². The van der Waals surface area contributed by atoms with Crippen LogP contribution in [0.2, 0.25) is 0 Å². The Hall–Kier alpha value is -1.56. The molecule has 0 bridgehead atoms. The van der Waals surface area contributed by atoms with Crippen LogP contribution in [0.5, 0.6) is 11.5 Å². The largest absolute Gasteiger partial charge is 0.490 e. The van der Waals surface area contributed by atoms with Crippen LogP contribution in [0.15, 0.2) is 18.2 Å². The molecule has 106 valence electrons. The number of benzene rings is 1. The van der Waals surface area contributed by atoms with Crippen molar-refractivity contribution in [3.63, 3.8) is 0 Å². The molecule has 1 aromatic carbocycles. The number of rotatable bonds is 8. The van der Waals surface area contributed by atoms with E-state index < -0.39 is 9.84 Å². The number of carbonyl (C=O) groups excluding carboxylic acids is 1. The molecular weight excluding hydrogens is 268 g/mol. The fourth-order valence-electron chi connectivity index (χ4n) is 1.49. The van der Waals surface area contributed by atoms with Crippen molar-refractivity contribution in [2.45, 2.75) is 13.3 Å². The van der Waals surface area contributed by atoms with Crippen LogP contribution in [-0.2, 0) is 9.84 Å². The molecule has 0 aromatic heterocycles. The van der Waals surface area contributed by atoms with Crippen molar-refractivity contribution in [3.8, 4) is 11.5 Å². The van der Waals surface area contributed by atoms with E-state index in [0.717, 1.165) is 6.29 Å². The zero-order chi connectivity index (χ0) is 14.3. The smallest absolute Gasteiger partial charge is 0.161 e. The molecule has 6 heteroatoms. The first kappa shape index (κ1) is 15.5. The molecule has 5 nitrogen and oxygen atoms in total. The van der Waals surface area contributed by atoms with Gasteiger partial charge in [-0.2, -0.15) is 0 Å². The molecule has 0 saturated carbocycles. The summed E-state index contributed by atoms with van der Waals surface area (Å²) < 4.78 is 32.8. The van der Waals surface area contributed by atoms with E-state index in [1.165, 1.54) is 6.26 Å². The molecule has 0 radical (unpaired) electrons. The summed E-state index contributed by atoms with van der Waals surface area (Å²) in [4.78, 5) is 10.7. The van der Waals surface area contributed by atoms with E-state index in [9.17, 15) is 13.2 Å². The van der Waals surface area contributed by atoms with E-state index in [4.69, 9.17) is 9.47 Å². The predicted octanol–water partition coefficient (Wildman–Crippen LogP) is 1.71. The van der Waals surface area contributed by atoms with Crippen LogP contribution in [0.3, 0.4) is 0 Å². The van der Waals surface area contributed by atoms with Gasteiger partial charge < -0.3 is 9.47 Å². The summed E-state index contributed by atoms with van der Waals surface area (Å²) in [6.07, 6.45) is 2.34. The van der Waals surface area contributed by atoms with Crippen LogP contribution < -0.4 is 9.47 Å². The number of ether oxygens (including phenoxy) is 2. The molecule has 0 amide bonds. The van der Waals surface area contributed by atoms with Crippen molar-refractivity contribution in [2.75, 3.05) is 25.2 Å². The predicted molar refractivity (Wildman–Crippen MR) is 72.8 cm³/mol. The highest BCUT2D eigenvalue weighted by atomic mass is 32.2. The lowest BCUT2D eigenvalue weighted by Crippen LogP contribution is -2.08. The molecular formula is C13H18O5S. The lowest BCUT2D eigenvalue weighted by Gasteiger charge is -2.12. The van der Waals surface area contributed by atoms with Crippen molar-refractivity contribution in [2.24, 2.45) is 0 Å². The summed E-state index contributed by atoms with van der Waals surface area (Å²) in [6, 6.07) is 4.87. The molecule has 0 unspecified atom stereocenters. The van der Waals surface area contributed by atoms with Gasteiger partial charge >= 0.3 is 0 Å². The van der Waals surface area contributed by atoms with Gasteiger partial charge in [0, 0.05) is 11.8 Å². The summed E-state index contributed by atoms with van der Waals surface area (Å²) in [6.45, 7) is 2.58. The minimum absolute atomic E-state index is 0.0867. The maximum absolute atomic E-state index is 11.0. The van der Waals surface area contributed by atoms with Gasteiger partial charge in [0.2, 0.25) is 0 Å². The van der Waals surface area contributed by atoms with Gasteiger partial charge in [0.25, 0.3) is 0 Å². The second kappa shape index (κ2) is 7.13. The van der Waals surface area contributed by atoms with Crippen LogP contribution in [0.1, 0.15) is 23.7 Å². The molecule has 0 atom stereocenters. The third kappa shape index (κ3) is 5.74. The summed E-state index contributed by atoms with van der Waals surface area (Å²) in [5, 5.41) is 0. The Morgan fingerprint density at radius 1 is 1.21 bits per heavy atom. The van der Waals surface area contributed by atoms with Crippen molar-refractivity contribution >= 4 is 16.1 Å². The maximum Gasteiger partial charge on any atom is 0.161 e. The first-order valence-electron chi connectivity index (χ1n) is 5.99. The first-order valence-corrected chi connectivity index (χ1v) is 8.05. The van der Waals surface area contributed by atoms with Crippen molar-refractivity contribution in [1.29, 1.82) is 0 Å². The van der Waals surface area contributed by atoms with Crippen molar-refractivity contribution < 1.29 is 22.7 Å². The van der Waals surface area contributed by atoms with Crippen LogP contribution in [0, 0.1) is 0 Å². The Kier molecular flexibility index (Phi) is 5.82. The van der Waals surface area contributed by atoms with Gasteiger partial charge in [0.15, 0.2) is 11.5 Å². The van der Waals surface area contributed by atoms with Crippen molar-refractivity contribution in [1.82, 2.24) is 0 Å². The Bertz CT molecular complexity index is 522. The fourth-order valence-corrected chi connectivity index (χ4v) is 2.13. The molecule has 0 spiro atoms. The van der Waals surface area contributed by atoms with E-state index in [2.05, 4.69) is 0 Å². The van der Waals surface area contributed by atoms with Gasteiger partial charge in [-0.25, -0.2) is 8.42 Å². The average molecular weight is 286 g/mol. The molecule has 0 fully saturated rings. The highest BCUT2D eigenvalue weighted by Crippen LogP contribution is 2.28. The third-order valence-corrected chi connectivity index (χ3v) is 3.35. The second-order valence-corrected chi connectivity index (χ2v) is 6.35. The van der Waals surface area contributed by atoms with Gasteiger partial charge in [0.05, 0.1) is 19.0 Å². The summed E-state index contributed by atoms with van der Waals surface area (Å²) in [5.41, 5.74) is 0.506. The van der Waals surface area contributed by atoms with E-state index in [1.807, 2.05) is 6.92 Å². The molecule has 0 aliphatic carbocycles. The first-order chi connectivity index (χ1) is 8.96. The highest BCUT2D eigenvalue weighted by molar-refractivity contribution is 7.90. The number of hydrogen-bond acceptors (Lipinski definition) is 5. The average Bonchev–Trinajstić information content (AvgIpc) is 2.35. The maximum atomic E-state index is 11.0.